The Morgan fingerprint density at radius 1 is 0.328 bits per heavy atom. The Kier molecular flexibility index (Phi) is 6.41. The highest BCUT2D eigenvalue weighted by atomic mass is 15.2. The molecule has 0 N–H and O–H groups in total. The van der Waals surface area contributed by atoms with Crippen LogP contribution >= 0.6 is 0 Å². The van der Waals surface area contributed by atoms with Crippen LogP contribution in [-0.2, 0) is 0 Å². The second kappa shape index (κ2) is 11.8. The number of fused-ring (bicyclic) bond motifs is 8. The predicted octanol–water partition coefficient (Wildman–Crippen LogP) is 14.0. The minimum atomic E-state index is 0.651. The lowest BCUT2D eigenvalue weighted by molar-refractivity contribution is 1.01. The Morgan fingerprint density at radius 2 is 0.845 bits per heavy atom. The van der Waals surface area contributed by atoms with Crippen LogP contribution in [0.4, 0.5) is 0 Å². The average molecular weight is 737 g/mol. The van der Waals surface area contributed by atoms with Crippen LogP contribution in [0.5, 0.6) is 0 Å². The van der Waals surface area contributed by atoms with Gasteiger partial charge in [0.2, 0.25) is 5.95 Å². The van der Waals surface area contributed by atoms with Gasteiger partial charge in [-0.1, -0.05) is 164 Å². The fourth-order valence-corrected chi connectivity index (χ4v) is 9.81. The molecule has 0 amide bonds. The molecular weight excluding hydrogens is 705 g/mol. The molecule has 0 atom stereocenters. The molecule has 0 radical (unpaired) electrons. The van der Waals surface area contributed by atoms with Crippen molar-refractivity contribution in [1.29, 1.82) is 0 Å². The predicted molar refractivity (Wildman–Crippen MR) is 242 cm³/mol. The van der Waals surface area contributed by atoms with Gasteiger partial charge in [-0.05, 0) is 68.7 Å². The molecule has 0 aliphatic rings. The van der Waals surface area contributed by atoms with Gasteiger partial charge >= 0.3 is 0 Å². The summed E-state index contributed by atoms with van der Waals surface area (Å²) < 4.78 is 4.77. The molecule has 4 aromatic heterocycles. The highest BCUT2D eigenvalue weighted by molar-refractivity contribution is 6.31. The Labute approximate surface area is 332 Å². The van der Waals surface area contributed by atoms with E-state index < -0.39 is 0 Å². The summed E-state index contributed by atoms with van der Waals surface area (Å²) in [6, 6.07) is 70.0. The van der Waals surface area contributed by atoms with Crippen LogP contribution in [0.3, 0.4) is 0 Å². The van der Waals surface area contributed by atoms with E-state index in [1.54, 1.807) is 0 Å². The maximum absolute atomic E-state index is 5.58. The number of rotatable bonds is 4. The van der Waals surface area contributed by atoms with Gasteiger partial charge in [0.25, 0.3) is 0 Å². The summed E-state index contributed by atoms with van der Waals surface area (Å²) in [5.41, 5.74) is 13.4. The first-order valence-electron chi connectivity index (χ1n) is 19.8. The Balaban J connectivity index is 1.15. The molecule has 13 aromatic rings. The van der Waals surface area contributed by atoms with E-state index in [1.165, 1.54) is 65.4 Å². The number of benzene rings is 9. The molecule has 0 unspecified atom stereocenters. The van der Waals surface area contributed by atoms with Crippen molar-refractivity contribution in [3.05, 3.63) is 194 Å². The Hall–Kier alpha value is -7.82. The SMILES string of the molecule is c1ccc(-c2ccc(-c3cc4nc(-n5c6cccc7c8cccc9c%10ccccc%10n(c%10cccc5c%10c76)c89)nc(-c5ccccc5)c4c4ccccc34)cc2)cc1. The molecule has 4 heterocycles. The smallest absolute Gasteiger partial charge is 0.235 e. The second-order valence-electron chi connectivity index (χ2n) is 15.3. The molecule has 0 aliphatic carbocycles. The molecule has 0 fully saturated rings. The number of hydrogen-bond donors (Lipinski definition) is 0. The molecule has 268 valence electrons. The third-order valence-electron chi connectivity index (χ3n) is 12.3. The summed E-state index contributed by atoms with van der Waals surface area (Å²) >= 11 is 0. The molecule has 0 saturated carbocycles. The fourth-order valence-electron chi connectivity index (χ4n) is 9.81. The largest absolute Gasteiger partial charge is 0.308 e. The van der Waals surface area contributed by atoms with Crippen LogP contribution in [0.15, 0.2) is 194 Å². The van der Waals surface area contributed by atoms with Gasteiger partial charge in [-0.25, -0.2) is 9.97 Å². The van der Waals surface area contributed by atoms with Crippen molar-refractivity contribution < 1.29 is 0 Å². The summed E-state index contributed by atoms with van der Waals surface area (Å²) in [7, 11) is 0. The monoisotopic (exact) mass is 736 g/mol. The van der Waals surface area contributed by atoms with E-state index in [1.807, 2.05) is 0 Å². The van der Waals surface area contributed by atoms with Crippen molar-refractivity contribution in [3.63, 3.8) is 0 Å². The van der Waals surface area contributed by atoms with E-state index >= 15 is 0 Å². The molecule has 0 bridgehead atoms. The van der Waals surface area contributed by atoms with E-state index in [0.29, 0.717) is 5.95 Å². The summed E-state index contributed by atoms with van der Waals surface area (Å²) in [6.45, 7) is 0. The van der Waals surface area contributed by atoms with Gasteiger partial charge in [0.05, 0.1) is 38.8 Å². The summed E-state index contributed by atoms with van der Waals surface area (Å²) in [5, 5.41) is 10.8. The number of hydrogen-bond acceptors (Lipinski definition) is 2. The quantitative estimate of drug-likeness (QED) is 0.169. The molecule has 58 heavy (non-hydrogen) atoms. The molecule has 4 heteroatoms. The minimum Gasteiger partial charge on any atom is -0.308 e. The fraction of sp³-hybridized carbons (Fsp3) is 0. The molecule has 0 saturated heterocycles. The van der Waals surface area contributed by atoms with Crippen molar-refractivity contribution in [2.45, 2.75) is 0 Å². The van der Waals surface area contributed by atoms with E-state index in [2.05, 4.69) is 203 Å². The van der Waals surface area contributed by atoms with Crippen molar-refractivity contribution in [1.82, 2.24) is 18.9 Å². The van der Waals surface area contributed by atoms with Crippen molar-refractivity contribution >= 4 is 81.6 Å². The van der Waals surface area contributed by atoms with Crippen molar-refractivity contribution in [2.24, 2.45) is 0 Å². The van der Waals surface area contributed by atoms with E-state index in [4.69, 9.17) is 9.97 Å². The van der Waals surface area contributed by atoms with E-state index in [0.717, 1.165) is 49.7 Å². The number of aromatic nitrogens is 4. The zero-order chi connectivity index (χ0) is 37.9. The number of para-hydroxylation sites is 2. The van der Waals surface area contributed by atoms with Crippen LogP contribution in [0.1, 0.15) is 0 Å². The minimum absolute atomic E-state index is 0.651. The van der Waals surface area contributed by atoms with E-state index in [9.17, 15) is 0 Å². The molecular formula is C54H32N4. The Bertz CT molecular complexity index is 3770. The summed E-state index contributed by atoms with van der Waals surface area (Å²) in [6.07, 6.45) is 0. The third-order valence-corrected chi connectivity index (χ3v) is 12.3. The van der Waals surface area contributed by atoms with E-state index in [-0.39, 0.29) is 0 Å². The van der Waals surface area contributed by atoms with Crippen molar-refractivity contribution in [2.75, 3.05) is 0 Å². The maximum Gasteiger partial charge on any atom is 0.235 e. The standard InChI is InChI=1S/C54H32N4/c1-3-14-33(15-4-1)34-28-30-35(31-29-34)43-32-44-49(39-20-8-7-18-37(39)43)52(36-16-5-2-6-17-36)56-54(55-44)58-46-25-12-21-40-42-23-11-22-41-38-19-9-10-24-45(38)57(53(41)42)47-26-13-27-48(58)51(47)50(40)46/h1-32H. The van der Waals surface area contributed by atoms with Gasteiger partial charge in [-0.2, -0.15) is 0 Å². The highest BCUT2D eigenvalue weighted by Crippen LogP contribution is 2.45. The summed E-state index contributed by atoms with van der Waals surface area (Å²) in [5.74, 6) is 0.651. The third kappa shape index (κ3) is 4.29. The van der Waals surface area contributed by atoms with Gasteiger partial charge < -0.3 is 4.40 Å². The lowest BCUT2D eigenvalue weighted by Crippen LogP contribution is -2.04. The van der Waals surface area contributed by atoms with Gasteiger partial charge in [-0.3, -0.25) is 4.57 Å². The van der Waals surface area contributed by atoms with Gasteiger partial charge in [0, 0.05) is 37.9 Å². The number of nitrogens with zero attached hydrogens (tertiary/aromatic N) is 4. The first-order valence-corrected chi connectivity index (χ1v) is 19.8. The van der Waals surface area contributed by atoms with Crippen LogP contribution < -0.4 is 0 Å². The molecule has 0 aliphatic heterocycles. The van der Waals surface area contributed by atoms with Crippen LogP contribution in [-0.4, -0.2) is 18.9 Å². The normalized spacial score (nSPS) is 12.1. The van der Waals surface area contributed by atoms with Crippen LogP contribution in [0, 0.1) is 0 Å². The lowest BCUT2D eigenvalue weighted by atomic mass is 9.92. The first-order chi connectivity index (χ1) is 28.8. The summed E-state index contributed by atoms with van der Waals surface area (Å²) in [4.78, 5) is 11.2. The zero-order valence-corrected chi connectivity index (χ0v) is 31.3. The maximum atomic E-state index is 5.58. The van der Waals surface area contributed by atoms with Gasteiger partial charge in [0.15, 0.2) is 0 Å². The molecule has 0 spiro atoms. The van der Waals surface area contributed by atoms with Gasteiger partial charge in [0.1, 0.15) is 0 Å². The van der Waals surface area contributed by atoms with Crippen LogP contribution in [0.25, 0.3) is 121 Å². The average Bonchev–Trinajstić information content (AvgIpc) is 3.78. The lowest BCUT2D eigenvalue weighted by Gasteiger charge is -2.16. The molecule has 9 aromatic carbocycles. The Morgan fingerprint density at radius 3 is 1.64 bits per heavy atom. The molecule has 13 rings (SSSR count). The van der Waals surface area contributed by atoms with Crippen molar-refractivity contribution in [3.8, 4) is 39.5 Å². The zero-order valence-electron chi connectivity index (χ0n) is 31.3. The topological polar surface area (TPSA) is 35.1 Å². The van der Waals surface area contributed by atoms with Gasteiger partial charge in [-0.15, -0.1) is 0 Å². The highest BCUT2D eigenvalue weighted by Gasteiger charge is 2.24. The van der Waals surface area contributed by atoms with Crippen LogP contribution in [0.2, 0.25) is 0 Å². The second-order valence-corrected chi connectivity index (χ2v) is 15.3. The molecule has 4 nitrogen and oxygen atoms in total. The first kappa shape index (κ1) is 31.4.